The van der Waals surface area contributed by atoms with Crippen LogP contribution >= 0.6 is 0 Å². The quantitative estimate of drug-likeness (QED) is 0.684. The number of piperidine rings is 1. The molecule has 0 spiro atoms. The van der Waals surface area contributed by atoms with Crippen molar-refractivity contribution < 1.29 is 19.5 Å². The third kappa shape index (κ3) is 3.47. The van der Waals surface area contributed by atoms with Gasteiger partial charge < -0.3 is 14.6 Å². The van der Waals surface area contributed by atoms with Crippen molar-refractivity contribution in [2.75, 3.05) is 13.1 Å². The zero-order valence-corrected chi connectivity index (χ0v) is 14.0. The summed E-state index contributed by atoms with van der Waals surface area (Å²) in [5, 5.41) is 8.98. The predicted molar refractivity (Wildman–Crippen MR) is 91.7 cm³/mol. The van der Waals surface area contributed by atoms with Crippen LogP contribution in [0.25, 0.3) is 0 Å². The van der Waals surface area contributed by atoms with E-state index in [0.29, 0.717) is 18.8 Å². The van der Waals surface area contributed by atoms with Crippen LogP contribution in [0.3, 0.4) is 0 Å². The van der Waals surface area contributed by atoms with Gasteiger partial charge in [0, 0.05) is 32.3 Å². The topological polar surface area (TPSA) is 79.6 Å². The van der Waals surface area contributed by atoms with E-state index in [1.54, 1.807) is 59.1 Å². The minimum absolute atomic E-state index is 0.113. The van der Waals surface area contributed by atoms with E-state index >= 15 is 0 Å². The molecule has 1 aromatic carbocycles. The van der Waals surface area contributed by atoms with Crippen LogP contribution in [0.5, 0.6) is 0 Å². The van der Waals surface area contributed by atoms with Gasteiger partial charge in [-0.3, -0.25) is 9.59 Å². The Morgan fingerprint density at radius 1 is 1.12 bits per heavy atom. The number of benzene rings is 1. The number of rotatable bonds is 4. The van der Waals surface area contributed by atoms with Gasteiger partial charge in [0.05, 0.1) is 11.3 Å². The first-order valence-electron chi connectivity index (χ1n) is 8.25. The van der Waals surface area contributed by atoms with E-state index in [9.17, 15) is 14.4 Å². The minimum atomic E-state index is -0.958. The number of aryl methyl sites for hydroxylation is 1. The molecular weight excluding hydrogens is 320 g/mol. The number of hydrogen-bond donors (Lipinski definition) is 1. The molecule has 3 rings (SSSR count). The van der Waals surface area contributed by atoms with Crippen molar-refractivity contribution in [3.05, 3.63) is 59.4 Å². The molecule has 1 N–H and O–H groups in total. The molecule has 2 heterocycles. The highest BCUT2D eigenvalue weighted by Crippen LogP contribution is 2.27. The molecule has 6 nitrogen and oxygen atoms in total. The molecule has 1 atom stereocenters. The van der Waals surface area contributed by atoms with Gasteiger partial charge in [-0.2, -0.15) is 0 Å². The molecule has 1 aliphatic rings. The number of carbonyl (C=O) groups is 3. The molecule has 1 fully saturated rings. The molecule has 1 saturated heterocycles. The number of carbonyl (C=O) groups excluding carboxylic acids is 2. The first-order chi connectivity index (χ1) is 12.0. The van der Waals surface area contributed by atoms with Crippen LogP contribution in [0, 0.1) is 0 Å². The van der Waals surface area contributed by atoms with E-state index in [4.69, 9.17) is 5.11 Å². The number of aromatic nitrogens is 1. The Kier molecular flexibility index (Phi) is 4.70. The van der Waals surface area contributed by atoms with Gasteiger partial charge in [-0.05, 0) is 42.7 Å². The number of amides is 1. The first kappa shape index (κ1) is 17.0. The summed E-state index contributed by atoms with van der Waals surface area (Å²) >= 11 is 0. The highest BCUT2D eigenvalue weighted by Gasteiger charge is 2.30. The molecule has 0 aliphatic carbocycles. The zero-order valence-electron chi connectivity index (χ0n) is 14.0. The van der Waals surface area contributed by atoms with E-state index < -0.39 is 17.7 Å². The number of carboxylic acids is 1. The lowest BCUT2D eigenvalue weighted by Gasteiger charge is -2.32. The summed E-state index contributed by atoms with van der Waals surface area (Å²) in [5.41, 5.74) is 1.62. The smallest absolute Gasteiger partial charge is 0.335 e. The number of carboxylic acid groups (broad SMARTS) is 1. The Bertz CT molecular complexity index is 807. The lowest BCUT2D eigenvalue weighted by molar-refractivity contribution is -0.127. The Morgan fingerprint density at radius 2 is 1.84 bits per heavy atom. The van der Waals surface area contributed by atoms with Gasteiger partial charge in [0.25, 0.3) is 11.7 Å². The first-order valence-corrected chi connectivity index (χ1v) is 8.25. The number of hydrogen-bond acceptors (Lipinski definition) is 3. The fraction of sp³-hybridized carbons (Fsp3) is 0.316. The van der Waals surface area contributed by atoms with Crippen molar-refractivity contribution in [3.63, 3.8) is 0 Å². The van der Waals surface area contributed by atoms with Crippen molar-refractivity contribution in [1.82, 2.24) is 9.47 Å². The van der Waals surface area contributed by atoms with Gasteiger partial charge in [-0.15, -0.1) is 0 Å². The average molecular weight is 340 g/mol. The predicted octanol–water partition coefficient (Wildman–Crippen LogP) is 2.31. The second kappa shape index (κ2) is 6.93. The van der Waals surface area contributed by atoms with Crippen LogP contribution in [0.15, 0.2) is 42.6 Å². The summed E-state index contributed by atoms with van der Waals surface area (Å²) in [5.74, 6) is -1.81. The van der Waals surface area contributed by atoms with Gasteiger partial charge in [0.15, 0.2) is 0 Å². The number of aromatic carboxylic acids is 1. The summed E-state index contributed by atoms with van der Waals surface area (Å²) in [4.78, 5) is 37.5. The summed E-state index contributed by atoms with van der Waals surface area (Å²) in [6.45, 7) is 1.04. The average Bonchev–Trinajstić information content (AvgIpc) is 3.06. The SMILES string of the molecule is Cn1cccc1C(=O)C(=O)N1CCCC(c2ccc(C(=O)O)cc2)C1. The van der Waals surface area contributed by atoms with Gasteiger partial charge >= 0.3 is 5.97 Å². The maximum atomic E-state index is 12.6. The number of nitrogens with zero attached hydrogens (tertiary/aromatic N) is 2. The molecule has 1 aliphatic heterocycles. The number of likely N-dealkylation sites (tertiary alicyclic amines) is 1. The molecule has 0 bridgehead atoms. The zero-order chi connectivity index (χ0) is 18.0. The van der Waals surface area contributed by atoms with Crippen molar-refractivity contribution >= 4 is 17.7 Å². The fourth-order valence-electron chi connectivity index (χ4n) is 3.28. The third-order valence-electron chi connectivity index (χ3n) is 4.71. The summed E-state index contributed by atoms with van der Waals surface area (Å²) in [7, 11) is 1.74. The molecule has 0 radical (unpaired) electrons. The van der Waals surface area contributed by atoms with Crippen molar-refractivity contribution in [2.24, 2.45) is 7.05 Å². The van der Waals surface area contributed by atoms with E-state index in [1.165, 1.54) is 0 Å². The molecule has 1 unspecified atom stereocenters. The van der Waals surface area contributed by atoms with Gasteiger partial charge in [-0.25, -0.2) is 4.79 Å². The van der Waals surface area contributed by atoms with Crippen molar-refractivity contribution in [1.29, 1.82) is 0 Å². The molecule has 1 aromatic heterocycles. The number of ketones is 1. The Hall–Kier alpha value is -2.89. The Morgan fingerprint density at radius 3 is 2.44 bits per heavy atom. The van der Waals surface area contributed by atoms with Gasteiger partial charge in [-0.1, -0.05) is 12.1 Å². The molecule has 0 saturated carbocycles. The highest BCUT2D eigenvalue weighted by atomic mass is 16.4. The molecular formula is C19H20N2O4. The van der Waals surface area contributed by atoms with Crippen molar-refractivity contribution in [3.8, 4) is 0 Å². The minimum Gasteiger partial charge on any atom is -0.478 e. The highest BCUT2D eigenvalue weighted by molar-refractivity contribution is 6.42. The lowest BCUT2D eigenvalue weighted by atomic mass is 9.90. The number of Topliss-reactive ketones (excluding diaryl/α,β-unsaturated/α-hetero) is 1. The largest absolute Gasteiger partial charge is 0.478 e. The summed E-state index contributed by atoms with van der Waals surface area (Å²) in [6, 6.07) is 10.1. The van der Waals surface area contributed by atoms with Crippen LogP contribution in [-0.4, -0.2) is 45.3 Å². The summed E-state index contributed by atoms with van der Waals surface area (Å²) in [6.07, 6.45) is 3.47. The molecule has 130 valence electrons. The van der Waals surface area contributed by atoms with Gasteiger partial charge in [0.1, 0.15) is 0 Å². The third-order valence-corrected chi connectivity index (χ3v) is 4.71. The van der Waals surface area contributed by atoms with Crippen LogP contribution < -0.4 is 0 Å². The van der Waals surface area contributed by atoms with Crippen LogP contribution in [0.2, 0.25) is 0 Å². The maximum Gasteiger partial charge on any atom is 0.335 e. The Labute approximate surface area is 145 Å². The standard InChI is InChI=1S/C19H20N2O4/c1-20-10-3-5-16(20)17(22)18(23)21-11-2-4-15(12-21)13-6-8-14(9-7-13)19(24)25/h3,5-10,15H,2,4,11-12H2,1H3,(H,24,25). The normalized spacial score (nSPS) is 17.3. The van der Waals surface area contributed by atoms with E-state index in [2.05, 4.69) is 0 Å². The van der Waals surface area contributed by atoms with Crippen LogP contribution in [-0.2, 0) is 11.8 Å². The lowest BCUT2D eigenvalue weighted by Crippen LogP contribution is -2.43. The van der Waals surface area contributed by atoms with Crippen LogP contribution in [0.4, 0.5) is 0 Å². The second-order valence-electron chi connectivity index (χ2n) is 6.35. The monoisotopic (exact) mass is 340 g/mol. The van der Waals surface area contributed by atoms with E-state index in [0.717, 1.165) is 18.4 Å². The molecule has 6 heteroatoms. The summed E-state index contributed by atoms with van der Waals surface area (Å²) < 4.78 is 1.65. The molecule has 1 amide bonds. The Balaban J connectivity index is 1.72. The maximum absolute atomic E-state index is 12.6. The fourth-order valence-corrected chi connectivity index (χ4v) is 3.28. The van der Waals surface area contributed by atoms with Crippen LogP contribution in [0.1, 0.15) is 45.2 Å². The molecule has 25 heavy (non-hydrogen) atoms. The van der Waals surface area contributed by atoms with Crippen molar-refractivity contribution in [2.45, 2.75) is 18.8 Å². The second-order valence-corrected chi connectivity index (χ2v) is 6.35. The van der Waals surface area contributed by atoms with E-state index in [1.807, 2.05) is 0 Å². The van der Waals surface area contributed by atoms with Gasteiger partial charge in [0.2, 0.25) is 0 Å². The molecule has 2 aromatic rings. The van der Waals surface area contributed by atoms with E-state index in [-0.39, 0.29) is 11.5 Å².